The van der Waals surface area contributed by atoms with Gasteiger partial charge < -0.3 is 15.4 Å². The van der Waals surface area contributed by atoms with Gasteiger partial charge in [0.05, 0.1) is 13.3 Å². The molecule has 21 heavy (non-hydrogen) atoms. The number of nitrogens with zero attached hydrogens (tertiary/aromatic N) is 2. The van der Waals surface area contributed by atoms with Crippen LogP contribution < -0.4 is 15.4 Å². The van der Waals surface area contributed by atoms with E-state index in [1.807, 2.05) is 6.07 Å². The molecule has 7 heteroatoms. The van der Waals surface area contributed by atoms with E-state index in [4.69, 9.17) is 4.74 Å². The van der Waals surface area contributed by atoms with Gasteiger partial charge in [0.25, 0.3) is 11.8 Å². The van der Waals surface area contributed by atoms with Gasteiger partial charge in [-0.2, -0.15) is 9.37 Å². The molecule has 1 aromatic heterocycles. The topological polar surface area (TPSA) is 76.1 Å². The summed E-state index contributed by atoms with van der Waals surface area (Å²) in [6.07, 6.45) is 1.04. The molecule has 6 nitrogen and oxygen atoms in total. The summed E-state index contributed by atoms with van der Waals surface area (Å²) in [5.41, 5.74) is 1.44. The van der Waals surface area contributed by atoms with E-state index in [1.54, 1.807) is 25.2 Å². The Hall–Kier alpha value is -2.70. The lowest BCUT2D eigenvalue weighted by Gasteiger charge is -2.08. The molecule has 0 aliphatic rings. The summed E-state index contributed by atoms with van der Waals surface area (Å²) in [7, 11) is 2.91. The molecular weight excluding hydrogens is 275 g/mol. The van der Waals surface area contributed by atoms with Crippen molar-refractivity contribution in [1.29, 1.82) is 0 Å². The summed E-state index contributed by atoms with van der Waals surface area (Å²) in [6.45, 7) is 0.402. The summed E-state index contributed by atoms with van der Waals surface area (Å²) >= 11 is 0. The first kappa shape index (κ1) is 14.7. The number of amides is 1. The molecule has 0 aliphatic carbocycles. The number of rotatable bonds is 5. The van der Waals surface area contributed by atoms with E-state index in [0.717, 1.165) is 11.8 Å². The molecule has 0 saturated carbocycles. The highest BCUT2D eigenvalue weighted by Crippen LogP contribution is 2.14. The second kappa shape index (κ2) is 6.65. The maximum absolute atomic E-state index is 13.2. The molecule has 0 spiro atoms. The predicted molar refractivity (Wildman–Crippen MR) is 75.7 cm³/mol. The first-order valence-electron chi connectivity index (χ1n) is 6.25. The number of nitrogens with one attached hydrogen (secondary N) is 2. The Kier molecular flexibility index (Phi) is 4.65. The van der Waals surface area contributed by atoms with E-state index in [-0.39, 0.29) is 17.7 Å². The van der Waals surface area contributed by atoms with Gasteiger partial charge in [-0.15, -0.1) is 0 Å². The molecule has 1 amide bonds. The van der Waals surface area contributed by atoms with E-state index < -0.39 is 5.82 Å². The van der Waals surface area contributed by atoms with E-state index in [9.17, 15) is 9.18 Å². The summed E-state index contributed by atoms with van der Waals surface area (Å²) in [5, 5.41) is 5.51. The monoisotopic (exact) mass is 290 g/mol. The molecule has 1 aromatic carbocycles. The van der Waals surface area contributed by atoms with Crippen LogP contribution in [0.2, 0.25) is 0 Å². The van der Waals surface area contributed by atoms with Crippen molar-refractivity contribution >= 4 is 11.9 Å². The van der Waals surface area contributed by atoms with Gasteiger partial charge in [-0.3, -0.25) is 4.79 Å². The molecule has 0 fully saturated rings. The first-order valence-corrected chi connectivity index (χ1v) is 6.25. The van der Waals surface area contributed by atoms with Gasteiger partial charge in [0, 0.05) is 19.2 Å². The molecule has 0 unspecified atom stereocenters. The number of hydrogen-bond acceptors (Lipinski definition) is 5. The number of methoxy groups -OCH3 is 1. The van der Waals surface area contributed by atoms with Crippen molar-refractivity contribution in [2.75, 3.05) is 19.5 Å². The van der Waals surface area contributed by atoms with Gasteiger partial charge in [0.2, 0.25) is 11.8 Å². The van der Waals surface area contributed by atoms with Gasteiger partial charge in [0.1, 0.15) is 0 Å². The number of ether oxygens (including phenoxy) is 1. The van der Waals surface area contributed by atoms with Gasteiger partial charge >= 0.3 is 0 Å². The van der Waals surface area contributed by atoms with Crippen LogP contribution in [0.5, 0.6) is 5.88 Å². The average Bonchev–Trinajstić information content (AvgIpc) is 2.53. The molecule has 1 heterocycles. The zero-order valence-corrected chi connectivity index (χ0v) is 11.7. The van der Waals surface area contributed by atoms with Gasteiger partial charge in [0.15, 0.2) is 0 Å². The number of carbonyl (C=O) groups is 1. The Morgan fingerprint density at radius 1 is 1.43 bits per heavy atom. The third-order valence-electron chi connectivity index (χ3n) is 2.77. The molecule has 0 saturated heterocycles. The highest BCUT2D eigenvalue weighted by molar-refractivity contribution is 5.94. The van der Waals surface area contributed by atoms with Crippen LogP contribution in [0.15, 0.2) is 30.5 Å². The van der Waals surface area contributed by atoms with Crippen LogP contribution >= 0.6 is 0 Å². The maximum Gasteiger partial charge on any atom is 0.255 e. The van der Waals surface area contributed by atoms with E-state index in [2.05, 4.69) is 20.6 Å². The van der Waals surface area contributed by atoms with Crippen LogP contribution in [0.25, 0.3) is 0 Å². The molecule has 0 radical (unpaired) electrons. The third-order valence-corrected chi connectivity index (χ3v) is 2.77. The van der Waals surface area contributed by atoms with E-state index in [0.29, 0.717) is 12.1 Å². The van der Waals surface area contributed by atoms with Crippen molar-refractivity contribution in [3.8, 4) is 5.88 Å². The minimum absolute atomic E-state index is 0.119. The van der Waals surface area contributed by atoms with Crippen molar-refractivity contribution in [3.05, 3.63) is 47.4 Å². The molecule has 0 bridgehead atoms. The Morgan fingerprint density at radius 3 is 2.95 bits per heavy atom. The minimum atomic E-state index is -0.621. The maximum atomic E-state index is 13.2. The molecule has 0 aliphatic heterocycles. The largest absolute Gasteiger partial charge is 0.479 e. The molecule has 2 rings (SSSR count). The smallest absolute Gasteiger partial charge is 0.255 e. The lowest BCUT2D eigenvalue weighted by atomic mass is 10.1. The Bertz CT molecular complexity index is 649. The quantitative estimate of drug-likeness (QED) is 0.874. The lowest BCUT2D eigenvalue weighted by molar-refractivity contribution is 0.0963. The summed E-state index contributed by atoms with van der Waals surface area (Å²) in [5.74, 6) is -0.647. The third kappa shape index (κ3) is 3.65. The van der Waals surface area contributed by atoms with Crippen LogP contribution in [0, 0.1) is 5.82 Å². The van der Waals surface area contributed by atoms with Crippen molar-refractivity contribution in [1.82, 2.24) is 15.3 Å². The van der Waals surface area contributed by atoms with E-state index in [1.165, 1.54) is 7.11 Å². The number of benzene rings is 1. The fourth-order valence-corrected chi connectivity index (χ4v) is 1.73. The number of halogens is 1. The molecule has 2 N–H and O–H groups in total. The fourth-order valence-electron chi connectivity index (χ4n) is 1.73. The normalized spacial score (nSPS) is 10.0. The van der Waals surface area contributed by atoms with Crippen LogP contribution in [0.1, 0.15) is 15.9 Å². The zero-order valence-electron chi connectivity index (χ0n) is 11.7. The van der Waals surface area contributed by atoms with Crippen LogP contribution in [0.4, 0.5) is 10.3 Å². The zero-order chi connectivity index (χ0) is 15.2. The number of carbonyl (C=O) groups excluding carboxylic acids is 1. The summed E-state index contributed by atoms with van der Waals surface area (Å²) in [4.78, 5) is 19.2. The predicted octanol–water partition coefficient (Wildman–Crippen LogP) is 1.60. The molecular formula is C14H15FN4O2. The summed E-state index contributed by atoms with van der Waals surface area (Å²) in [6, 6.07) is 7.13. The van der Waals surface area contributed by atoms with Gasteiger partial charge in [-0.25, -0.2) is 4.98 Å². The van der Waals surface area contributed by atoms with Crippen LogP contribution in [0.3, 0.4) is 0 Å². The van der Waals surface area contributed by atoms with Gasteiger partial charge in [-0.05, 0) is 17.7 Å². The Morgan fingerprint density at radius 2 is 2.24 bits per heavy atom. The number of aromatic nitrogens is 2. The van der Waals surface area contributed by atoms with Crippen molar-refractivity contribution < 1.29 is 13.9 Å². The van der Waals surface area contributed by atoms with E-state index >= 15 is 0 Å². The number of anilines is 1. The Balaban J connectivity index is 2.08. The molecule has 110 valence electrons. The van der Waals surface area contributed by atoms with Gasteiger partial charge in [-0.1, -0.05) is 12.1 Å². The fraction of sp³-hybridized carbons (Fsp3) is 0.214. The van der Waals surface area contributed by atoms with Crippen molar-refractivity contribution in [2.45, 2.75) is 6.54 Å². The SMILES string of the molecule is CNC(=O)c1cccc(CNc2ncc(F)c(OC)n2)c1. The first-order chi connectivity index (χ1) is 10.1. The minimum Gasteiger partial charge on any atom is -0.479 e. The Labute approximate surface area is 121 Å². The molecule has 2 aromatic rings. The highest BCUT2D eigenvalue weighted by atomic mass is 19.1. The molecule has 0 atom stereocenters. The van der Waals surface area contributed by atoms with Crippen molar-refractivity contribution in [3.63, 3.8) is 0 Å². The van der Waals surface area contributed by atoms with Crippen LogP contribution in [-0.4, -0.2) is 30.0 Å². The second-order valence-corrected chi connectivity index (χ2v) is 4.18. The van der Waals surface area contributed by atoms with Crippen LogP contribution in [-0.2, 0) is 6.54 Å². The highest BCUT2D eigenvalue weighted by Gasteiger charge is 2.07. The number of hydrogen-bond donors (Lipinski definition) is 2. The average molecular weight is 290 g/mol. The second-order valence-electron chi connectivity index (χ2n) is 4.18. The standard InChI is InChI=1S/C14H15FN4O2/c1-16-12(20)10-5-3-4-9(6-10)7-17-14-18-8-11(15)13(19-14)21-2/h3-6,8H,7H2,1-2H3,(H,16,20)(H,17,18,19). The van der Waals surface area contributed by atoms with Crippen molar-refractivity contribution in [2.24, 2.45) is 0 Å². The summed E-state index contributed by atoms with van der Waals surface area (Å²) < 4.78 is 18.0. The lowest BCUT2D eigenvalue weighted by Crippen LogP contribution is -2.18.